The van der Waals surface area contributed by atoms with Crippen molar-refractivity contribution in [2.75, 3.05) is 19.6 Å². The molecular formula is C17H33N3O4. The molecule has 1 heterocycles. The molecule has 0 bridgehead atoms. The molecule has 24 heavy (non-hydrogen) atoms. The number of rotatable bonds is 2. The van der Waals surface area contributed by atoms with Gasteiger partial charge in [-0.15, -0.1) is 0 Å². The van der Waals surface area contributed by atoms with E-state index in [-0.39, 0.29) is 18.1 Å². The number of carbonyl (C=O) groups is 2. The maximum atomic E-state index is 12.2. The molecule has 3 N–H and O–H groups in total. The van der Waals surface area contributed by atoms with Crippen molar-refractivity contribution in [3.05, 3.63) is 0 Å². The van der Waals surface area contributed by atoms with Crippen LogP contribution < -0.4 is 11.1 Å². The van der Waals surface area contributed by atoms with E-state index in [1.54, 1.807) is 4.90 Å². The SMILES string of the molecule is CC(C)(C)OC(=O)NC1CCN(C(=O)OC(C)(C)C)CCC1CN. The molecule has 0 saturated carbocycles. The van der Waals surface area contributed by atoms with Gasteiger partial charge in [-0.25, -0.2) is 9.59 Å². The first-order chi connectivity index (χ1) is 10.9. The summed E-state index contributed by atoms with van der Waals surface area (Å²) in [5.41, 5.74) is 4.79. The number of ether oxygens (including phenoxy) is 2. The second-order valence-corrected chi connectivity index (χ2v) is 8.29. The first-order valence-corrected chi connectivity index (χ1v) is 8.59. The third-order valence-electron chi connectivity index (χ3n) is 3.71. The van der Waals surface area contributed by atoms with Crippen molar-refractivity contribution in [3.8, 4) is 0 Å². The van der Waals surface area contributed by atoms with Gasteiger partial charge in [-0.05, 0) is 66.8 Å². The molecule has 0 aliphatic carbocycles. The van der Waals surface area contributed by atoms with Crippen molar-refractivity contribution in [1.82, 2.24) is 10.2 Å². The Morgan fingerprint density at radius 2 is 1.58 bits per heavy atom. The Morgan fingerprint density at radius 3 is 2.08 bits per heavy atom. The molecule has 2 amide bonds. The highest BCUT2D eigenvalue weighted by Crippen LogP contribution is 2.20. The maximum Gasteiger partial charge on any atom is 0.410 e. The Morgan fingerprint density at radius 1 is 1.04 bits per heavy atom. The average molecular weight is 343 g/mol. The zero-order valence-electron chi connectivity index (χ0n) is 15.8. The van der Waals surface area contributed by atoms with E-state index in [0.717, 1.165) is 6.42 Å². The standard InChI is InChI=1S/C17H33N3O4/c1-16(2,3)23-14(21)19-13-8-10-20(9-7-12(13)11-18)15(22)24-17(4,5)6/h12-13H,7-11,18H2,1-6H3,(H,19,21). The van der Waals surface area contributed by atoms with Crippen molar-refractivity contribution in [3.63, 3.8) is 0 Å². The summed E-state index contributed by atoms with van der Waals surface area (Å²) in [6, 6.07) is -0.114. The van der Waals surface area contributed by atoms with E-state index in [0.29, 0.717) is 26.1 Å². The molecule has 0 radical (unpaired) electrons. The molecule has 2 atom stereocenters. The van der Waals surface area contributed by atoms with Crippen LogP contribution in [0, 0.1) is 5.92 Å². The lowest BCUT2D eigenvalue weighted by atomic mass is 9.95. The van der Waals surface area contributed by atoms with Gasteiger partial charge in [0.05, 0.1) is 0 Å². The molecule has 1 saturated heterocycles. The number of nitrogens with two attached hydrogens (primary N) is 1. The predicted molar refractivity (Wildman–Crippen MR) is 92.7 cm³/mol. The Kier molecular flexibility index (Phi) is 6.89. The van der Waals surface area contributed by atoms with Crippen molar-refractivity contribution < 1.29 is 19.1 Å². The summed E-state index contributed by atoms with van der Waals surface area (Å²) in [4.78, 5) is 25.9. The molecule has 1 fully saturated rings. The number of likely N-dealkylation sites (tertiary alicyclic amines) is 1. The number of hydrogen-bond acceptors (Lipinski definition) is 5. The number of nitrogens with zero attached hydrogens (tertiary/aromatic N) is 1. The summed E-state index contributed by atoms with van der Waals surface area (Å²) >= 11 is 0. The molecule has 2 unspecified atom stereocenters. The van der Waals surface area contributed by atoms with Crippen LogP contribution in [0.2, 0.25) is 0 Å². The van der Waals surface area contributed by atoms with E-state index < -0.39 is 17.3 Å². The zero-order chi connectivity index (χ0) is 18.5. The molecule has 7 nitrogen and oxygen atoms in total. The highest BCUT2D eigenvalue weighted by atomic mass is 16.6. The normalized spacial score (nSPS) is 22.5. The molecular weight excluding hydrogens is 310 g/mol. The van der Waals surface area contributed by atoms with Crippen molar-refractivity contribution in [2.24, 2.45) is 11.7 Å². The summed E-state index contributed by atoms with van der Waals surface area (Å²) in [6.07, 6.45) is 0.573. The Hall–Kier alpha value is -1.50. The van der Waals surface area contributed by atoms with E-state index in [1.165, 1.54) is 0 Å². The van der Waals surface area contributed by atoms with E-state index >= 15 is 0 Å². The van der Waals surface area contributed by atoms with Crippen LogP contribution in [0.5, 0.6) is 0 Å². The fourth-order valence-electron chi connectivity index (χ4n) is 2.61. The van der Waals surface area contributed by atoms with Crippen molar-refractivity contribution in [2.45, 2.75) is 71.6 Å². The first-order valence-electron chi connectivity index (χ1n) is 8.59. The molecule has 0 aromatic carbocycles. The van der Waals surface area contributed by atoms with Gasteiger partial charge < -0.3 is 25.4 Å². The van der Waals surface area contributed by atoms with E-state index in [9.17, 15) is 9.59 Å². The van der Waals surface area contributed by atoms with E-state index in [2.05, 4.69) is 5.32 Å². The summed E-state index contributed by atoms with van der Waals surface area (Å²) in [7, 11) is 0. The lowest BCUT2D eigenvalue weighted by molar-refractivity contribution is 0.0255. The molecule has 7 heteroatoms. The van der Waals surface area contributed by atoms with Crippen molar-refractivity contribution in [1.29, 1.82) is 0 Å². The van der Waals surface area contributed by atoms with Crippen LogP contribution in [0.4, 0.5) is 9.59 Å². The topological polar surface area (TPSA) is 93.9 Å². The summed E-state index contributed by atoms with van der Waals surface area (Å²) in [5, 5.41) is 2.90. The van der Waals surface area contributed by atoms with E-state index in [4.69, 9.17) is 15.2 Å². The molecule has 0 aromatic heterocycles. The molecule has 1 aliphatic rings. The minimum Gasteiger partial charge on any atom is -0.444 e. The molecule has 140 valence electrons. The fraction of sp³-hybridized carbons (Fsp3) is 0.882. The van der Waals surface area contributed by atoms with Gasteiger partial charge >= 0.3 is 12.2 Å². The minimum atomic E-state index is -0.546. The summed E-state index contributed by atoms with van der Waals surface area (Å²) < 4.78 is 10.7. The Bertz CT molecular complexity index is 440. The van der Waals surface area contributed by atoms with Gasteiger partial charge in [-0.2, -0.15) is 0 Å². The second kappa shape index (κ2) is 8.05. The second-order valence-electron chi connectivity index (χ2n) is 8.29. The lowest BCUT2D eigenvalue weighted by Crippen LogP contribution is -2.45. The van der Waals surface area contributed by atoms with Crippen LogP contribution >= 0.6 is 0 Å². The van der Waals surface area contributed by atoms with Gasteiger partial charge in [-0.1, -0.05) is 0 Å². The Labute approximate surface area is 145 Å². The number of alkyl carbamates (subject to hydrolysis) is 1. The molecule has 1 aliphatic heterocycles. The third-order valence-corrected chi connectivity index (χ3v) is 3.71. The Balaban J connectivity index is 2.66. The van der Waals surface area contributed by atoms with Gasteiger partial charge in [0, 0.05) is 19.1 Å². The van der Waals surface area contributed by atoms with Crippen molar-refractivity contribution >= 4 is 12.2 Å². The minimum absolute atomic E-state index is 0.102. The van der Waals surface area contributed by atoms with Gasteiger partial charge in [-0.3, -0.25) is 0 Å². The average Bonchev–Trinajstić information content (AvgIpc) is 2.56. The van der Waals surface area contributed by atoms with Crippen LogP contribution in [0.25, 0.3) is 0 Å². The largest absolute Gasteiger partial charge is 0.444 e. The quantitative estimate of drug-likeness (QED) is 0.803. The van der Waals surface area contributed by atoms with E-state index in [1.807, 2.05) is 41.5 Å². The van der Waals surface area contributed by atoms with Gasteiger partial charge in [0.25, 0.3) is 0 Å². The highest BCUT2D eigenvalue weighted by Gasteiger charge is 2.31. The first kappa shape index (κ1) is 20.5. The number of nitrogens with one attached hydrogen (secondary N) is 1. The lowest BCUT2D eigenvalue weighted by Gasteiger charge is -2.27. The molecule has 1 rings (SSSR count). The van der Waals surface area contributed by atoms with Crippen LogP contribution in [-0.4, -0.2) is 54.0 Å². The zero-order valence-corrected chi connectivity index (χ0v) is 15.8. The highest BCUT2D eigenvalue weighted by molar-refractivity contribution is 5.69. The number of carbonyl (C=O) groups excluding carboxylic acids is 2. The maximum absolute atomic E-state index is 12.2. The van der Waals surface area contributed by atoms with Crippen LogP contribution in [0.1, 0.15) is 54.4 Å². The van der Waals surface area contributed by atoms with Crippen LogP contribution in [0.15, 0.2) is 0 Å². The van der Waals surface area contributed by atoms with Gasteiger partial charge in [0.1, 0.15) is 11.2 Å². The summed E-state index contributed by atoms with van der Waals surface area (Å²) in [5.74, 6) is 0.102. The number of amides is 2. The van der Waals surface area contributed by atoms with Crippen LogP contribution in [-0.2, 0) is 9.47 Å². The van der Waals surface area contributed by atoms with Gasteiger partial charge in [0.2, 0.25) is 0 Å². The van der Waals surface area contributed by atoms with Crippen LogP contribution in [0.3, 0.4) is 0 Å². The molecule has 0 aromatic rings. The molecule has 0 spiro atoms. The van der Waals surface area contributed by atoms with Gasteiger partial charge in [0.15, 0.2) is 0 Å². The number of hydrogen-bond donors (Lipinski definition) is 2. The monoisotopic (exact) mass is 343 g/mol. The third kappa shape index (κ3) is 7.38. The smallest absolute Gasteiger partial charge is 0.410 e. The fourth-order valence-corrected chi connectivity index (χ4v) is 2.61. The predicted octanol–water partition coefficient (Wildman–Crippen LogP) is 2.49. The summed E-state index contributed by atoms with van der Waals surface area (Å²) in [6.45, 7) is 12.5.